The predicted molar refractivity (Wildman–Crippen MR) is 77.2 cm³/mol. The second-order valence-electron chi connectivity index (χ2n) is 5.16. The van der Waals surface area contributed by atoms with E-state index in [1.54, 1.807) is 6.07 Å². The molecule has 0 aliphatic carbocycles. The summed E-state index contributed by atoms with van der Waals surface area (Å²) in [4.78, 5) is 10.2. The van der Waals surface area contributed by atoms with Crippen molar-refractivity contribution in [2.75, 3.05) is 11.4 Å². The van der Waals surface area contributed by atoms with Gasteiger partial charge in [-0.05, 0) is 41.8 Å². The monoisotopic (exact) mass is 267 g/mol. The second-order valence-corrected chi connectivity index (χ2v) is 5.16. The zero-order valence-electron chi connectivity index (χ0n) is 10.9. The van der Waals surface area contributed by atoms with Crippen LogP contribution < -0.4 is 4.90 Å². The average molecular weight is 267 g/mol. The van der Waals surface area contributed by atoms with Gasteiger partial charge in [0.2, 0.25) is 5.95 Å². The third-order valence-corrected chi connectivity index (χ3v) is 3.86. The number of hydrogen-bond donors (Lipinski definition) is 1. The number of nitrogens with one attached hydrogen (secondary N) is 1. The molecule has 4 heteroatoms. The number of fused-ring (bicyclic) bond motifs is 2. The fraction of sp³-hybridized carbons (Fsp3) is 0.188. The first kappa shape index (κ1) is 11.5. The van der Waals surface area contributed by atoms with Gasteiger partial charge in [-0.3, -0.25) is 0 Å². The highest BCUT2D eigenvalue weighted by atomic mass is 19.1. The first-order chi connectivity index (χ1) is 9.79. The van der Waals surface area contributed by atoms with Crippen LogP contribution in [0, 0.1) is 5.82 Å². The summed E-state index contributed by atoms with van der Waals surface area (Å²) in [5.41, 5.74) is 4.32. The Hall–Kier alpha value is -2.36. The molecule has 2 heterocycles. The van der Waals surface area contributed by atoms with Gasteiger partial charge in [0.1, 0.15) is 5.82 Å². The molecule has 4 rings (SSSR count). The zero-order chi connectivity index (χ0) is 13.5. The molecule has 1 N–H and O–H groups in total. The highest BCUT2D eigenvalue weighted by Gasteiger charge is 2.19. The molecule has 20 heavy (non-hydrogen) atoms. The summed E-state index contributed by atoms with van der Waals surface area (Å²) in [5, 5.41) is 0. The van der Waals surface area contributed by atoms with E-state index < -0.39 is 0 Å². The summed E-state index contributed by atoms with van der Waals surface area (Å²) < 4.78 is 13.2. The summed E-state index contributed by atoms with van der Waals surface area (Å²) in [6.07, 6.45) is 0.851. The van der Waals surface area contributed by atoms with Crippen molar-refractivity contribution in [3.63, 3.8) is 0 Å². The molecule has 3 nitrogen and oxygen atoms in total. The Morgan fingerprint density at radius 1 is 1.10 bits per heavy atom. The first-order valence-corrected chi connectivity index (χ1v) is 6.76. The van der Waals surface area contributed by atoms with Crippen molar-refractivity contribution in [3.05, 3.63) is 59.4 Å². The van der Waals surface area contributed by atoms with Gasteiger partial charge in [0.15, 0.2) is 0 Å². The minimum Gasteiger partial charge on any atom is -0.338 e. The summed E-state index contributed by atoms with van der Waals surface area (Å²) in [7, 11) is 0. The molecule has 0 atom stereocenters. The van der Waals surface area contributed by atoms with Crippen LogP contribution in [0.1, 0.15) is 11.1 Å². The molecule has 2 aromatic carbocycles. The molecule has 0 saturated carbocycles. The lowest BCUT2D eigenvalue weighted by Gasteiger charge is -2.28. The third kappa shape index (κ3) is 1.84. The van der Waals surface area contributed by atoms with Crippen molar-refractivity contribution in [2.24, 2.45) is 0 Å². The number of halogens is 1. The number of nitrogens with zero attached hydrogens (tertiary/aromatic N) is 2. The molecule has 1 aliphatic heterocycles. The van der Waals surface area contributed by atoms with E-state index in [-0.39, 0.29) is 5.82 Å². The van der Waals surface area contributed by atoms with E-state index in [4.69, 9.17) is 0 Å². The lowest BCUT2D eigenvalue weighted by molar-refractivity contribution is 0.618. The van der Waals surface area contributed by atoms with Gasteiger partial charge in [0, 0.05) is 13.1 Å². The number of aromatic nitrogens is 2. The number of benzene rings is 2. The SMILES string of the molecule is Fc1ccc2c(c1)CCN(c1nc3ccccc3[nH]1)C2. The summed E-state index contributed by atoms with van der Waals surface area (Å²) in [6, 6.07) is 13.1. The lowest BCUT2D eigenvalue weighted by atomic mass is 10.00. The normalized spacial score (nSPS) is 14.6. The lowest BCUT2D eigenvalue weighted by Crippen LogP contribution is -2.31. The molecular formula is C16H14FN3. The van der Waals surface area contributed by atoms with Crippen molar-refractivity contribution in [3.8, 4) is 0 Å². The highest BCUT2D eigenvalue weighted by molar-refractivity contribution is 5.77. The van der Waals surface area contributed by atoms with Gasteiger partial charge < -0.3 is 9.88 Å². The first-order valence-electron chi connectivity index (χ1n) is 6.76. The number of para-hydroxylation sites is 2. The minimum atomic E-state index is -0.152. The highest BCUT2D eigenvalue weighted by Crippen LogP contribution is 2.24. The summed E-state index contributed by atoms with van der Waals surface area (Å²) in [6.45, 7) is 1.63. The topological polar surface area (TPSA) is 31.9 Å². The van der Waals surface area contributed by atoms with Gasteiger partial charge in [-0.25, -0.2) is 9.37 Å². The van der Waals surface area contributed by atoms with Crippen LogP contribution in [0.4, 0.5) is 10.3 Å². The van der Waals surface area contributed by atoms with Crippen LogP contribution in [-0.2, 0) is 13.0 Å². The van der Waals surface area contributed by atoms with Crippen molar-refractivity contribution in [2.45, 2.75) is 13.0 Å². The Balaban J connectivity index is 1.69. The van der Waals surface area contributed by atoms with Crippen molar-refractivity contribution < 1.29 is 4.39 Å². The van der Waals surface area contributed by atoms with Crippen LogP contribution in [0.3, 0.4) is 0 Å². The third-order valence-electron chi connectivity index (χ3n) is 3.86. The number of anilines is 1. The number of H-pyrrole nitrogens is 1. The second kappa shape index (κ2) is 4.34. The number of imidazole rings is 1. The summed E-state index contributed by atoms with van der Waals surface area (Å²) >= 11 is 0. The molecule has 1 aromatic heterocycles. The largest absolute Gasteiger partial charge is 0.338 e. The van der Waals surface area contributed by atoms with E-state index >= 15 is 0 Å². The number of hydrogen-bond acceptors (Lipinski definition) is 2. The molecule has 100 valence electrons. The van der Waals surface area contributed by atoms with Crippen LogP contribution >= 0.6 is 0 Å². The van der Waals surface area contributed by atoms with Gasteiger partial charge in [-0.1, -0.05) is 18.2 Å². The fourth-order valence-electron chi connectivity index (χ4n) is 2.79. The molecule has 0 saturated heterocycles. The van der Waals surface area contributed by atoms with Crippen LogP contribution in [0.5, 0.6) is 0 Å². The Kier molecular flexibility index (Phi) is 2.49. The maximum Gasteiger partial charge on any atom is 0.204 e. The molecule has 0 fully saturated rings. The van der Waals surface area contributed by atoms with Crippen molar-refractivity contribution in [1.82, 2.24) is 9.97 Å². The predicted octanol–water partition coefficient (Wildman–Crippen LogP) is 3.26. The van der Waals surface area contributed by atoms with E-state index in [1.165, 1.54) is 11.6 Å². The maximum absolute atomic E-state index is 13.2. The molecule has 0 radical (unpaired) electrons. The molecular weight excluding hydrogens is 253 g/mol. The maximum atomic E-state index is 13.2. The van der Waals surface area contributed by atoms with E-state index in [0.717, 1.165) is 42.1 Å². The minimum absolute atomic E-state index is 0.152. The van der Waals surface area contributed by atoms with Crippen LogP contribution in [0.2, 0.25) is 0 Å². The van der Waals surface area contributed by atoms with E-state index in [9.17, 15) is 4.39 Å². The molecule has 0 spiro atoms. The van der Waals surface area contributed by atoms with Gasteiger partial charge in [0.25, 0.3) is 0 Å². The Labute approximate surface area is 116 Å². The number of aromatic amines is 1. The van der Waals surface area contributed by atoms with Crippen molar-refractivity contribution >= 4 is 17.0 Å². The molecule has 1 aliphatic rings. The van der Waals surface area contributed by atoms with E-state index in [2.05, 4.69) is 14.9 Å². The fourth-order valence-corrected chi connectivity index (χ4v) is 2.79. The quantitative estimate of drug-likeness (QED) is 0.734. The van der Waals surface area contributed by atoms with E-state index in [1.807, 2.05) is 30.3 Å². The average Bonchev–Trinajstić information content (AvgIpc) is 2.90. The van der Waals surface area contributed by atoms with Gasteiger partial charge in [-0.2, -0.15) is 0 Å². The van der Waals surface area contributed by atoms with Gasteiger partial charge >= 0.3 is 0 Å². The van der Waals surface area contributed by atoms with Crippen molar-refractivity contribution in [1.29, 1.82) is 0 Å². The molecule has 3 aromatic rings. The van der Waals surface area contributed by atoms with Crippen LogP contribution in [0.15, 0.2) is 42.5 Å². The number of rotatable bonds is 1. The smallest absolute Gasteiger partial charge is 0.204 e. The summed E-state index contributed by atoms with van der Waals surface area (Å²) in [5.74, 6) is 0.738. The van der Waals surface area contributed by atoms with Gasteiger partial charge in [-0.15, -0.1) is 0 Å². The Morgan fingerprint density at radius 2 is 2.00 bits per heavy atom. The van der Waals surface area contributed by atoms with Gasteiger partial charge in [0.05, 0.1) is 11.0 Å². The van der Waals surface area contributed by atoms with Crippen LogP contribution in [0.25, 0.3) is 11.0 Å². The molecule has 0 amide bonds. The zero-order valence-corrected chi connectivity index (χ0v) is 10.9. The molecule has 0 unspecified atom stereocenters. The van der Waals surface area contributed by atoms with E-state index in [0.29, 0.717) is 0 Å². The standard InChI is InChI=1S/C16H14FN3/c17-13-6-5-12-10-20(8-7-11(12)9-13)16-18-14-3-1-2-4-15(14)19-16/h1-6,9H,7-8,10H2,(H,18,19). The van der Waals surface area contributed by atoms with Crippen LogP contribution in [-0.4, -0.2) is 16.5 Å². The molecule has 0 bridgehead atoms. The Morgan fingerprint density at radius 3 is 2.90 bits per heavy atom. The Bertz CT molecular complexity index is 745.